The van der Waals surface area contributed by atoms with Crippen LogP contribution >= 0.6 is 0 Å². The van der Waals surface area contributed by atoms with Gasteiger partial charge < -0.3 is 10.6 Å². The van der Waals surface area contributed by atoms with Crippen LogP contribution in [-0.2, 0) is 4.79 Å². The van der Waals surface area contributed by atoms with Crippen molar-refractivity contribution in [1.82, 2.24) is 4.90 Å². The van der Waals surface area contributed by atoms with Gasteiger partial charge in [0.1, 0.15) is 0 Å². The SMILES string of the molecule is CC(=O)N1CCCC1C(CN)C(C)C. The molecule has 82 valence electrons. The fourth-order valence-electron chi connectivity index (χ4n) is 2.50. The highest BCUT2D eigenvalue weighted by Crippen LogP contribution is 2.28. The van der Waals surface area contributed by atoms with Crippen LogP contribution < -0.4 is 5.73 Å². The van der Waals surface area contributed by atoms with Gasteiger partial charge in [0, 0.05) is 19.5 Å². The molecule has 1 rings (SSSR count). The number of rotatable bonds is 3. The molecule has 0 aromatic heterocycles. The second-order valence-corrected chi connectivity index (χ2v) is 4.57. The second kappa shape index (κ2) is 4.78. The maximum Gasteiger partial charge on any atom is 0.219 e. The molecule has 0 radical (unpaired) electrons. The standard InChI is InChI=1S/C11H22N2O/c1-8(2)10(7-12)11-5-4-6-13(11)9(3)14/h8,10-11H,4-7,12H2,1-3H3. The molecule has 1 aliphatic rings. The van der Waals surface area contributed by atoms with Crippen LogP contribution in [0.3, 0.4) is 0 Å². The largest absolute Gasteiger partial charge is 0.340 e. The van der Waals surface area contributed by atoms with E-state index in [2.05, 4.69) is 13.8 Å². The van der Waals surface area contributed by atoms with Crippen LogP contribution in [0.1, 0.15) is 33.6 Å². The Bertz CT molecular complexity index is 203. The smallest absolute Gasteiger partial charge is 0.219 e. The first-order valence-corrected chi connectivity index (χ1v) is 5.55. The Morgan fingerprint density at radius 2 is 2.21 bits per heavy atom. The highest BCUT2D eigenvalue weighted by Gasteiger charge is 2.33. The summed E-state index contributed by atoms with van der Waals surface area (Å²) in [6.45, 7) is 7.64. The molecule has 1 saturated heterocycles. The molecule has 1 fully saturated rings. The first kappa shape index (κ1) is 11.5. The van der Waals surface area contributed by atoms with Gasteiger partial charge in [-0.25, -0.2) is 0 Å². The predicted molar refractivity (Wildman–Crippen MR) is 57.8 cm³/mol. The van der Waals surface area contributed by atoms with Crippen LogP contribution in [-0.4, -0.2) is 29.9 Å². The predicted octanol–water partition coefficient (Wildman–Crippen LogP) is 1.23. The van der Waals surface area contributed by atoms with Crippen molar-refractivity contribution in [3.63, 3.8) is 0 Å². The Balaban J connectivity index is 2.69. The monoisotopic (exact) mass is 198 g/mol. The second-order valence-electron chi connectivity index (χ2n) is 4.57. The zero-order chi connectivity index (χ0) is 10.7. The van der Waals surface area contributed by atoms with Crippen molar-refractivity contribution in [2.75, 3.05) is 13.1 Å². The minimum Gasteiger partial charge on any atom is -0.340 e. The van der Waals surface area contributed by atoms with Gasteiger partial charge >= 0.3 is 0 Å². The van der Waals surface area contributed by atoms with Gasteiger partial charge in [-0.1, -0.05) is 13.8 Å². The lowest BCUT2D eigenvalue weighted by molar-refractivity contribution is -0.130. The van der Waals surface area contributed by atoms with E-state index in [-0.39, 0.29) is 5.91 Å². The molecule has 1 aliphatic heterocycles. The zero-order valence-electron chi connectivity index (χ0n) is 9.49. The van der Waals surface area contributed by atoms with E-state index >= 15 is 0 Å². The summed E-state index contributed by atoms with van der Waals surface area (Å²) in [6.07, 6.45) is 2.26. The van der Waals surface area contributed by atoms with E-state index in [0.29, 0.717) is 24.4 Å². The number of carbonyl (C=O) groups excluding carboxylic acids is 1. The molecule has 0 spiro atoms. The van der Waals surface area contributed by atoms with Crippen molar-refractivity contribution >= 4 is 5.91 Å². The molecule has 1 heterocycles. The molecule has 0 saturated carbocycles. The van der Waals surface area contributed by atoms with E-state index < -0.39 is 0 Å². The Hall–Kier alpha value is -0.570. The summed E-state index contributed by atoms with van der Waals surface area (Å²) >= 11 is 0. The van der Waals surface area contributed by atoms with E-state index in [0.717, 1.165) is 19.4 Å². The Labute approximate surface area is 86.6 Å². The number of hydrogen-bond acceptors (Lipinski definition) is 2. The van der Waals surface area contributed by atoms with E-state index in [9.17, 15) is 4.79 Å². The van der Waals surface area contributed by atoms with Crippen molar-refractivity contribution in [3.05, 3.63) is 0 Å². The zero-order valence-corrected chi connectivity index (χ0v) is 9.49. The van der Waals surface area contributed by atoms with Crippen LogP contribution in [0.25, 0.3) is 0 Å². The number of likely N-dealkylation sites (tertiary alicyclic amines) is 1. The lowest BCUT2D eigenvalue weighted by Crippen LogP contribution is -2.43. The molecule has 2 unspecified atom stereocenters. The quantitative estimate of drug-likeness (QED) is 0.741. The maximum atomic E-state index is 11.4. The van der Waals surface area contributed by atoms with Crippen LogP contribution in [0.4, 0.5) is 0 Å². The Morgan fingerprint density at radius 1 is 1.57 bits per heavy atom. The fraction of sp³-hybridized carbons (Fsp3) is 0.909. The summed E-state index contributed by atoms with van der Waals surface area (Å²) in [5, 5.41) is 0. The molecular formula is C11H22N2O. The summed E-state index contributed by atoms with van der Waals surface area (Å²) in [7, 11) is 0. The van der Waals surface area contributed by atoms with E-state index in [1.165, 1.54) is 0 Å². The molecule has 3 heteroatoms. The van der Waals surface area contributed by atoms with Crippen LogP contribution in [0.5, 0.6) is 0 Å². The molecule has 0 bridgehead atoms. The minimum atomic E-state index is 0.201. The highest BCUT2D eigenvalue weighted by atomic mass is 16.2. The van der Waals surface area contributed by atoms with E-state index in [1.54, 1.807) is 6.92 Å². The van der Waals surface area contributed by atoms with Gasteiger partial charge in [-0.05, 0) is 31.2 Å². The van der Waals surface area contributed by atoms with Gasteiger partial charge in [0.25, 0.3) is 0 Å². The molecule has 0 aromatic rings. The third kappa shape index (κ3) is 2.27. The van der Waals surface area contributed by atoms with Gasteiger partial charge in [-0.2, -0.15) is 0 Å². The van der Waals surface area contributed by atoms with Crippen LogP contribution in [0.15, 0.2) is 0 Å². The third-order valence-electron chi connectivity index (χ3n) is 3.33. The summed E-state index contributed by atoms with van der Waals surface area (Å²) in [5.41, 5.74) is 5.78. The average Bonchev–Trinajstić information content (AvgIpc) is 2.53. The molecule has 3 nitrogen and oxygen atoms in total. The molecular weight excluding hydrogens is 176 g/mol. The number of nitrogens with zero attached hydrogens (tertiary/aromatic N) is 1. The number of carbonyl (C=O) groups is 1. The maximum absolute atomic E-state index is 11.4. The Morgan fingerprint density at radius 3 is 2.64 bits per heavy atom. The number of nitrogens with two attached hydrogens (primary N) is 1. The first-order chi connectivity index (χ1) is 6.57. The van der Waals surface area contributed by atoms with Crippen LogP contribution in [0, 0.1) is 11.8 Å². The van der Waals surface area contributed by atoms with Crippen molar-refractivity contribution in [2.24, 2.45) is 17.6 Å². The van der Waals surface area contributed by atoms with Crippen molar-refractivity contribution in [1.29, 1.82) is 0 Å². The van der Waals surface area contributed by atoms with Crippen LogP contribution in [0.2, 0.25) is 0 Å². The van der Waals surface area contributed by atoms with Gasteiger partial charge in [-0.3, -0.25) is 4.79 Å². The van der Waals surface area contributed by atoms with E-state index in [1.807, 2.05) is 4.90 Å². The topological polar surface area (TPSA) is 46.3 Å². The van der Waals surface area contributed by atoms with Gasteiger partial charge in [0.15, 0.2) is 0 Å². The molecule has 1 amide bonds. The molecule has 14 heavy (non-hydrogen) atoms. The lowest BCUT2D eigenvalue weighted by Gasteiger charge is -2.32. The highest BCUT2D eigenvalue weighted by molar-refractivity contribution is 5.73. The van der Waals surface area contributed by atoms with Crippen molar-refractivity contribution in [2.45, 2.75) is 39.7 Å². The minimum absolute atomic E-state index is 0.201. The normalized spacial score (nSPS) is 24.4. The number of amides is 1. The van der Waals surface area contributed by atoms with Gasteiger partial charge in [-0.15, -0.1) is 0 Å². The van der Waals surface area contributed by atoms with Crippen molar-refractivity contribution in [3.8, 4) is 0 Å². The van der Waals surface area contributed by atoms with Gasteiger partial charge in [0.05, 0.1) is 0 Å². The Kier molecular flexibility index (Phi) is 3.93. The molecule has 2 atom stereocenters. The fourth-order valence-corrected chi connectivity index (χ4v) is 2.50. The summed E-state index contributed by atoms with van der Waals surface area (Å²) in [6, 6.07) is 0.387. The summed E-state index contributed by atoms with van der Waals surface area (Å²) in [5.74, 6) is 1.22. The molecule has 0 aliphatic carbocycles. The average molecular weight is 198 g/mol. The first-order valence-electron chi connectivity index (χ1n) is 5.55. The summed E-state index contributed by atoms with van der Waals surface area (Å²) < 4.78 is 0. The molecule has 2 N–H and O–H groups in total. The van der Waals surface area contributed by atoms with Gasteiger partial charge in [0.2, 0.25) is 5.91 Å². The molecule has 0 aromatic carbocycles. The van der Waals surface area contributed by atoms with E-state index in [4.69, 9.17) is 5.73 Å². The van der Waals surface area contributed by atoms with Crippen molar-refractivity contribution < 1.29 is 4.79 Å². The number of hydrogen-bond donors (Lipinski definition) is 1. The third-order valence-corrected chi connectivity index (χ3v) is 3.33. The lowest BCUT2D eigenvalue weighted by atomic mass is 9.87. The summed E-state index contributed by atoms with van der Waals surface area (Å²) in [4.78, 5) is 13.4.